The predicted octanol–water partition coefficient (Wildman–Crippen LogP) is 2.06. The molecule has 1 rings (SSSR count). The number of hydrogen-bond acceptors (Lipinski definition) is 1. The maximum atomic E-state index is 10.4. The molecule has 0 saturated carbocycles. The summed E-state index contributed by atoms with van der Waals surface area (Å²) in [5, 5.41) is 0. The van der Waals surface area contributed by atoms with Gasteiger partial charge in [-0.05, 0) is 46.7 Å². The van der Waals surface area contributed by atoms with Gasteiger partial charge in [-0.3, -0.25) is 0 Å². The summed E-state index contributed by atoms with van der Waals surface area (Å²) in [4.78, 5) is 0. The van der Waals surface area contributed by atoms with E-state index >= 15 is 0 Å². The minimum absolute atomic E-state index is 0.320. The monoisotopic (exact) mass is 296 g/mol. The van der Waals surface area contributed by atoms with Gasteiger partial charge in [0, 0.05) is 3.57 Å². The highest BCUT2D eigenvalue weighted by atomic mass is 127. The molecule has 0 aliphatic carbocycles. The first-order valence-corrected chi connectivity index (χ1v) is 5.86. The Balaban J connectivity index is 2.57. The molecule has 0 bridgehead atoms. The molecule has 66 valence electrons. The standard InChI is InChI=1S/C8H9IO2S/c9-8-3-1-2-7(6-8)4-5-12(10)11/h1-3,6H,4-5H2,(H,10,11). The van der Waals surface area contributed by atoms with E-state index in [9.17, 15) is 4.21 Å². The van der Waals surface area contributed by atoms with Crippen LogP contribution in [0.2, 0.25) is 0 Å². The molecule has 0 radical (unpaired) electrons. The molecule has 12 heavy (non-hydrogen) atoms. The van der Waals surface area contributed by atoms with Gasteiger partial charge in [0.25, 0.3) is 0 Å². The van der Waals surface area contributed by atoms with E-state index in [4.69, 9.17) is 4.55 Å². The molecule has 0 saturated heterocycles. The number of aryl methyl sites for hydroxylation is 1. The maximum Gasteiger partial charge on any atom is 0.153 e. The van der Waals surface area contributed by atoms with Gasteiger partial charge in [0.05, 0.1) is 5.75 Å². The van der Waals surface area contributed by atoms with Crippen molar-refractivity contribution in [3.05, 3.63) is 33.4 Å². The third-order valence-corrected chi connectivity index (χ3v) is 2.68. The van der Waals surface area contributed by atoms with E-state index in [2.05, 4.69) is 22.6 Å². The highest BCUT2D eigenvalue weighted by molar-refractivity contribution is 14.1. The zero-order chi connectivity index (χ0) is 8.97. The van der Waals surface area contributed by atoms with Gasteiger partial charge in [-0.15, -0.1) is 0 Å². The smallest absolute Gasteiger partial charge is 0.153 e. The Morgan fingerprint density at radius 2 is 2.25 bits per heavy atom. The van der Waals surface area contributed by atoms with Crippen LogP contribution in [-0.2, 0) is 17.5 Å². The van der Waals surface area contributed by atoms with Crippen molar-refractivity contribution in [2.24, 2.45) is 0 Å². The van der Waals surface area contributed by atoms with Gasteiger partial charge in [0.1, 0.15) is 0 Å². The molecule has 0 amide bonds. The first kappa shape index (κ1) is 10.1. The summed E-state index contributed by atoms with van der Waals surface area (Å²) in [5.41, 5.74) is 1.12. The van der Waals surface area contributed by atoms with Gasteiger partial charge in [-0.25, -0.2) is 4.21 Å². The molecule has 0 heterocycles. The molecular formula is C8H9IO2S. The average Bonchev–Trinajstić information content (AvgIpc) is 2.01. The van der Waals surface area contributed by atoms with Gasteiger partial charge in [0.15, 0.2) is 11.1 Å². The lowest BCUT2D eigenvalue weighted by Gasteiger charge is -1.98. The van der Waals surface area contributed by atoms with Crippen LogP contribution in [0.3, 0.4) is 0 Å². The molecule has 0 aromatic heterocycles. The molecule has 4 heteroatoms. The van der Waals surface area contributed by atoms with E-state index in [0.717, 1.165) is 9.13 Å². The van der Waals surface area contributed by atoms with Crippen LogP contribution in [0.1, 0.15) is 5.56 Å². The van der Waals surface area contributed by atoms with E-state index < -0.39 is 11.1 Å². The number of benzene rings is 1. The van der Waals surface area contributed by atoms with Gasteiger partial charge >= 0.3 is 0 Å². The van der Waals surface area contributed by atoms with Gasteiger partial charge < -0.3 is 4.55 Å². The first-order chi connectivity index (χ1) is 5.68. The van der Waals surface area contributed by atoms with Crippen LogP contribution in [0, 0.1) is 3.57 Å². The van der Waals surface area contributed by atoms with Crippen LogP contribution >= 0.6 is 22.6 Å². The quantitative estimate of drug-likeness (QED) is 0.685. The molecule has 0 spiro atoms. The Hall–Kier alpha value is 0.0600. The van der Waals surface area contributed by atoms with Gasteiger partial charge in [-0.2, -0.15) is 0 Å². The van der Waals surface area contributed by atoms with E-state index in [1.807, 2.05) is 24.3 Å². The molecule has 1 unspecified atom stereocenters. The minimum atomic E-state index is -1.68. The second-order valence-corrected chi connectivity index (χ2v) is 4.70. The summed E-state index contributed by atoms with van der Waals surface area (Å²) in [6.45, 7) is 0. The van der Waals surface area contributed by atoms with E-state index in [1.165, 1.54) is 0 Å². The SMILES string of the molecule is O=S(O)CCc1cccc(I)c1. The fourth-order valence-corrected chi connectivity index (χ4v) is 1.92. The molecular weight excluding hydrogens is 287 g/mol. The third kappa shape index (κ3) is 3.64. The van der Waals surface area contributed by atoms with Gasteiger partial charge in [0.2, 0.25) is 0 Å². The van der Waals surface area contributed by atoms with Crippen molar-refractivity contribution in [2.45, 2.75) is 6.42 Å². The largest absolute Gasteiger partial charge is 0.306 e. The number of hydrogen-bond donors (Lipinski definition) is 1. The third-order valence-electron chi connectivity index (χ3n) is 1.45. The van der Waals surface area contributed by atoms with E-state index in [1.54, 1.807) is 0 Å². The fraction of sp³-hybridized carbons (Fsp3) is 0.250. The normalized spacial score (nSPS) is 12.8. The zero-order valence-electron chi connectivity index (χ0n) is 6.37. The topological polar surface area (TPSA) is 37.3 Å². The Labute approximate surface area is 87.8 Å². The molecule has 1 N–H and O–H groups in total. The van der Waals surface area contributed by atoms with Crippen LogP contribution < -0.4 is 0 Å². The molecule has 1 aromatic rings. The lowest BCUT2D eigenvalue weighted by molar-refractivity contribution is 0.563. The molecule has 0 aliphatic rings. The van der Waals surface area contributed by atoms with Crippen molar-refractivity contribution in [1.29, 1.82) is 0 Å². The van der Waals surface area contributed by atoms with Crippen LogP contribution in [0.25, 0.3) is 0 Å². The second kappa shape index (κ2) is 4.94. The summed E-state index contributed by atoms with van der Waals surface area (Å²) in [7, 11) is 0. The van der Waals surface area contributed by atoms with Crippen molar-refractivity contribution in [3.63, 3.8) is 0 Å². The number of halogens is 1. The summed E-state index contributed by atoms with van der Waals surface area (Å²) < 4.78 is 20.1. The molecule has 0 aliphatic heterocycles. The Bertz CT molecular complexity index is 288. The second-order valence-electron chi connectivity index (χ2n) is 2.41. The van der Waals surface area contributed by atoms with E-state index in [-0.39, 0.29) is 0 Å². The van der Waals surface area contributed by atoms with Crippen molar-refractivity contribution in [3.8, 4) is 0 Å². The zero-order valence-corrected chi connectivity index (χ0v) is 9.34. The predicted molar refractivity (Wildman–Crippen MR) is 58.5 cm³/mol. The molecule has 1 atom stereocenters. The molecule has 0 fully saturated rings. The molecule has 2 nitrogen and oxygen atoms in total. The maximum absolute atomic E-state index is 10.4. The lowest BCUT2D eigenvalue weighted by Crippen LogP contribution is -1.98. The van der Waals surface area contributed by atoms with Crippen molar-refractivity contribution >= 4 is 33.7 Å². The van der Waals surface area contributed by atoms with Crippen LogP contribution in [0.4, 0.5) is 0 Å². The van der Waals surface area contributed by atoms with Gasteiger partial charge in [-0.1, -0.05) is 12.1 Å². The highest BCUT2D eigenvalue weighted by Gasteiger charge is 1.96. The van der Waals surface area contributed by atoms with Crippen LogP contribution in [-0.4, -0.2) is 14.5 Å². The Morgan fingerprint density at radius 3 is 2.83 bits per heavy atom. The lowest BCUT2D eigenvalue weighted by atomic mass is 10.2. The average molecular weight is 296 g/mol. The molecule has 1 aromatic carbocycles. The van der Waals surface area contributed by atoms with Crippen molar-refractivity contribution in [2.75, 3.05) is 5.75 Å². The van der Waals surface area contributed by atoms with Crippen LogP contribution in [0.5, 0.6) is 0 Å². The summed E-state index contributed by atoms with van der Waals surface area (Å²) in [6.07, 6.45) is 0.667. The minimum Gasteiger partial charge on any atom is -0.306 e. The fourth-order valence-electron chi connectivity index (χ4n) is 0.898. The Morgan fingerprint density at radius 1 is 1.50 bits per heavy atom. The summed E-state index contributed by atoms with van der Waals surface area (Å²) in [5.74, 6) is 0.320. The van der Waals surface area contributed by atoms with Crippen molar-refractivity contribution in [1.82, 2.24) is 0 Å². The van der Waals surface area contributed by atoms with Crippen LogP contribution in [0.15, 0.2) is 24.3 Å². The first-order valence-electron chi connectivity index (χ1n) is 3.50. The summed E-state index contributed by atoms with van der Waals surface area (Å²) >= 11 is 0.549. The summed E-state index contributed by atoms with van der Waals surface area (Å²) in [6, 6.07) is 7.94. The van der Waals surface area contributed by atoms with E-state index in [0.29, 0.717) is 12.2 Å². The number of rotatable bonds is 3. The van der Waals surface area contributed by atoms with Crippen molar-refractivity contribution < 1.29 is 8.76 Å². The highest BCUT2D eigenvalue weighted by Crippen LogP contribution is 2.08. The Kier molecular flexibility index (Phi) is 4.17.